The van der Waals surface area contributed by atoms with E-state index in [1.54, 1.807) is 40.2 Å². The van der Waals surface area contributed by atoms with Crippen LogP contribution in [0.4, 0.5) is 15.8 Å². The lowest BCUT2D eigenvalue weighted by Gasteiger charge is -2.27. The number of hydroxylamine groups is 2. The molecule has 8 aliphatic rings. The van der Waals surface area contributed by atoms with Crippen LogP contribution in [-0.2, 0) is 22.5 Å². The number of halogens is 3. The topological polar surface area (TPSA) is 233 Å². The normalized spacial score (nSPS) is 20.0. The summed E-state index contributed by atoms with van der Waals surface area (Å²) in [6.45, 7) is 3.34. The molecule has 7 saturated carbocycles. The van der Waals surface area contributed by atoms with Crippen LogP contribution in [0.25, 0.3) is 5.69 Å². The van der Waals surface area contributed by atoms with Crippen molar-refractivity contribution in [1.29, 1.82) is 0 Å². The molecule has 6 atom stereocenters. The number of amides is 3. The number of benzene rings is 6. The number of nitrogens with one attached hydrogen (secondary N) is 1. The lowest BCUT2D eigenvalue weighted by molar-refractivity contribution is -0.170. The number of aliphatic hydroxyl groups excluding tert-OH is 2. The van der Waals surface area contributed by atoms with Crippen LogP contribution in [0.15, 0.2) is 134 Å². The van der Waals surface area contributed by atoms with E-state index >= 15 is 0 Å². The van der Waals surface area contributed by atoms with E-state index in [0.717, 1.165) is 171 Å². The van der Waals surface area contributed by atoms with Gasteiger partial charge in [0.2, 0.25) is 5.91 Å². The zero-order valence-electron chi connectivity index (χ0n) is 66.7. The Kier molecular flexibility index (Phi) is 29.7. The number of pyridine rings is 1. The first-order valence-corrected chi connectivity index (χ1v) is 41.1. The highest BCUT2D eigenvalue weighted by atomic mass is 35.5. The van der Waals surface area contributed by atoms with Gasteiger partial charge in [-0.1, -0.05) is 66.5 Å². The molecular formula is C90H109Cl2FN6O15. The number of hydrogen-bond acceptors (Lipinski definition) is 17. The molecule has 114 heavy (non-hydrogen) atoms. The Morgan fingerprint density at radius 1 is 0.561 bits per heavy atom. The van der Waals surface area contributed by atoms with Crippen molar-refractivity contribution in [3.8, 4) is 57.4 Å². The van der Waals surface area contributed by atoms with Gasteiger partial charge in [0.1, 0.15) is 17.3 Å². The van der Waals surface area contributed by atoms with Crippen molar-refractivity contribution in [3.05, 3.63) is 189 Å². The quantitative estimate of drug-likeness (QED) is 0.0428. The van der Waals surface area contributed by atoms with Gasteiger partial charge in [-0.3, -0.25) is 24.2 Å². The van der Waals surface area contributed by atoms with Gasteiger partial charge in [-0.05, 0) is 266 Å². The second-order valence-electron chi connectivity index (χ2n) is 30.4. The molecule has 0 radical (unpaired) electrons. The molecule has 21 nitrogen and oxygen atoms in total. The van der Waals surface area contributed by atoms with Gasteiger partial charge in [-0.15, -0.1) is 0 Å². The number of aromatic nitrogens is 3. The Hall–Kier alpha value is -9.32. The molecule has 7 aliphatic carbocycles. The monoisotopic (exact) mass is 1600 g/mol. The highest BCUT2D eigenvalue weighted by Crippen LogP contribution is 2.53. The van der Waals surface area contributed by atoms with E-state index in [1.165, 1.54) is 93.8 Å². The number of nitrogens with zero attached hydrogens (tertiary/aromatic N) is 5. The SMILES string of the molecule is CCc1nn(-c2ccc(OC)cc2)c2c1CCN(c1ccccc1)C2=O.COc1cc(F)c(C(=O)Nc2c(Cl)cncc2Cl)cc1OC1CCCC1.COc1ccc(C2CC2C(=O)N(C)OC)cc1OC1CCCC1.COc1ccc(C2CC2CCO)cc1OC1CCCC1.COc1ccc(C2CC2CO)cc1OC1CCCC1. The predicted octanol–water partition coefficient (Wildman–Crippen LogP) is 18.5. The number of carbonyl (C=O) groups excluding carboxylic acids is 3. The zero-order chi connectivity index (χ0) is 80.4. The van der Waals surface area contributed by atoms with Gasteiger partial charge < -0.3 is 63.1 Å². The predicted molar refractivity (Wildman–Crippen MR) is 438 cm³/mol. The van der Waals surface area contributed by atoms with Crippen LogP contribution >= 0.6 is 23.2 Å². The van der Waals surface area contributed by atoms with Crippen LogP contribution in [0, 0.1) is 23.6 Å². The Bertz CT molecular complexity index is 4490. The maximum atomic E-state index is 14.4. The van der Waals surface area contributed by atoms with E-state index in [-0.39, 0.29) is 69.5 Å². The molecule has 6 unspecified atom stereocenters. The average molecular weight is 1600 g/mol. The number of fused-ring (bicyclic) bond motifs is 1. The third-order valence-electron chi connectivity index (χ3n) is 22.9. The molecule has 3 amide bonds. The van der Waals surface area contributed by atoms with E-state index in [0.29, 0.717) is 60.5 Å². The van der Waals surface area contributed by atoms with E-state index < -0.39 is 11.7 Å². The molecule has 2 aromatic heterocycles. The number of hydrogen-bond donors (Lipinski definition) is 3. The summed E-state index contributed by atoms with van der Waals surface area (Å²) >= 11 is 12.0. The first-order chi connectivity index (χ1) is 55.5. The van der Waals surface area contributed by atoms with Crippen molar-refractivity contribution >= 4 is 52.3 Å². The molecule has 7 fully saturated rings. The summed E-state index contributed by atoms with van der Waals surface area (Å²) in [5.41, 5.74) is 8.24. The summed E-state index contributed by atoms with van der Waals surface area (Å²) in [6, 6.07) is 38.4. The van der Waals surface area contributed by atoms with Crippen molar-refractivity contribution in [1.82, 2.24) is 19.8 Å². The Morgan fingerprint density at radius 3 is 1.48 bits per heavy atom. The molecule has 6 aromatic carbocycles. The molecule has 8 aromatic rings. The van der Waals surface area contributed by atoms with Crippen molar-refractivity contribution < 1.29 is 76.5 Å². The molecule has 16 rings (SSSR count). The van der Waals surface area contributed by atoms with Gasteiger partial charge >= 0.3 is 0 Å². The number of methoxy groups -OCH3 is 5. The zero-order valence-corrected chi connectivity index (χ0v) is 68.2. The fraction of sp³-hybridized carbons (Fsp3) is 0.478. The third kappa shape index (κ3) is 21.2. The van der Waals surface area contributed by atoms with Crippen molar-refractivity contribution in [2.24, 2.45) is 17.8 Å². The number of para-hydroxylation sites is 1. The van der Waals surface area contributed by atoms with E-state index in [9.17, 15) is 23.9 Å². The molecule has 24 heteroatoms. The molecule has 0 bridgehead atoms. The lowest BCUT2D eigenvalue weighted by atomic mass is 10.0. The smallest absolute Gasteiger partial charge is 0.277 e. The van der Waals surface area contributed by atoms with Gasteiger partial charge in [0.25, 0.3) is 11.8 Å². The Labute approximate surface area is 678 Å². The van der Waals surface area contributed by atoms with Gasteiger partial charge in [0, 0.05) is 62.4 Å². The number of aryl methyl sites for hydroxylation is 1. The van der Waals surface area contributed by atoms with Gasteiger partial charge in [-0.25, -0.2) is 14.1 Å². The summed E-state index contributed by atoms with van der Waals surface area (Å²) in [5, 5.41) is 27.1. The maximum absolute atomic E-state index is 14.4. The van der Waals surface area contributed by atoms with Crippen LogP contribution < -0.4 is 52.8 Å². The first kappa shape index (κ1) is 84.1. The second kappa shape index (κ2) is 40.3. The van der Waals surface area contributed by atoms with Gasteiger partial charge in [-0.2, -0.15) is 5.10 Å². The van der Waals surface area contributed by atoms with Gasteiger partial charge in [0.15, 0.2) is 46.0 Å². The highest BCUT2D eigenvalue weighted by molar-refractivity contribution is 6.39. The minimum absolute atomic E-state index is 0.000433. The van der Waals surface area contributed by atoms with Crippen LogP contribution in [0.1, 0.15) is 202 Å². The van der Waals surface area contributed by atoms with Crippen LogP contribution in [0.2, 0.25) is 10.0 Å². The molecule has 3 heterocycles. The minimum atomic E-state index is -0.737. The van der Waals surface area contributed by atoms with Crippen LogP contribution in [0.3, 0.4) is 0 Å². The number of carbonyl (C=O) groups is 3. The molecule has 0 spiro atoms. The summed E-state index contributed by atoms with van der Waals surface area (Å²) in [6.07, 6.45) is 27.7. The summed E-state index contributed by atoms with van der Waals surface area (Å²) < 4.78 is 67.1. The number of aliphatic hydroxyl groups is 2. The lowest BCUT2D eigenvalue weighted by Crippen LogP contribution is -2.38. The number of anilines is 2. The molecular weight excluding hydrogens is 1490 g/mol. The fourth-order valence-corrected chi connectivity index (χ4v) is 16.6. The summed E-state index contributed by atoms with van der Waals surface area (Å²) in [5.74, 6) is 7.37. The first-order valence-electron chi connectivity index (χ1n) is 40.3. The van der Waals surface area contributed by atoms with Gasteiger partial charge in [0.05, 0.1) is 99.8 Å². The average Bonchev–Trinajstić information content (AvgIpc) is 1.61. The highest BCUT2D eigenvalue weighted by Gasteiger charge is 2.46. The third-order valence-corrected chi connectivity index (χ3v) is 23.5. The second-order valence-corrected chi connectivity index (χ2v) is 31.2. The Balaban J connectivity index is 0.000000132. The fourth-order valence-electron chi connectivity index (χ4n) is 16.1. The minimum Gasteiger partial charge on any atom is -0.497 e. The molecule has 1 aliphatic heterocycles. The Morgan fingerprint density at radius 2 is 1.04 bits per heavy atom. The van der Waals surface area contributed by atoms with Crippen molar-refractivity contribution in [2.45, 2.75) is 190 Å². The van der Waals surface area contributed by atoms with E-state index in [1.807, 2.05) is 89.8 Å². The molecule has 3 N–H and O–H groups in total. The van der Waals surface area contributed by atoms with Crippen LogP contribution in [-0.4, -0.2) is 142 Å². The largest absolute Gasteiger partial charge is 0.497 e. The van der Waals surface area contributed by atoms with E-state index in [4.69, 9.17) is 80.9 Å². The van der Waals surface area contributed by atoms with Crippen molar-refractivity contribution in [3.63, 3.8) is 0 Å². The summed E-state index contributed by atoms with van der Waals surface area (Å²) in [7, 11) is 11.3. The maximum Gasteiger partial charge on any atom is 0.277 e. The van der Waals surface area contributed by atoms with Crippen molar-refractivity contribution in [2.75, 3.05) is 79.7 Å². The molecule has 610 valence electrons. The standard InChI is InChI=1S/C21H21N3O2.C18H17Cl2FN2O3.C18H25NO4.C17H24O3.C16H22O3/c1-3-19-18-13-14-23(15-7-5-4-6-8-15)21(25)20(18)24(22-19)16-9-11-17(26-2)12-10-16;1-25-15-7-14(21)11(6-16(15)26-10-4-2-3-5-10)18(24)23-17-12(19)8-22-9-13(17)20;1-19(22-3)18(20)15-11-14(15)12-8-9-16(21-2)17(10-12)23-13-6-4-5-7-13;1-19-16-7-6-12(15-10-13(15)8-9-18)11-17(16)20-14-4-2-3-5-14;1-18-15-7-6-11(14-8-12(14)10-17)9-16(15)19-13-4-2-3-5-13/h4-12H,3,13-14H2,1-2H3;6-10H,2-5H2,1H3,(H,22,23,24);8-10,13-15H,4-7,11H2,1-3H3;6-7,11,13-15,18H,2-5,8-10H2,1H3;6-7,9,12-14,17H,2-5,8,10H2,1H3. The number of ether oxygens (including phenoxy) is 9. The summed E-state index contributed by atoms with van der Waals surface area (Å²) in [4.78, 5) is 48.6. The number of rotatable bonds is 26. The van der Waals surface area contributed by atoms with E-state index in [2.05, 4.69) is 41.5 Å². The van der Waals surface area contributed by atoms with Crippen LogP contribution in [0.5, 0.6) is 51.7 Å². The molecule has 0 saturated heterocycles.